The second kappa shape index (κ2) is 3.84. The number of anilines is 1. The summed E-state index contributed by atoms with van der Waals surface area (Å²) in [6.45, 7) is 4.19. The number of imidazole rings is 1. The number of nitrogen functional groups attached to an aromatic ring is 1. The first-order chi connectivity index (χ1) is 8.63. The fourth-order valence-electron chi connectivity index (χ4n) is 1.93. The molecule has 1 aromatic carbocycles. The maximum Gasteiger partial charge on any atom is 0.180 e. The molecule has 0 atom stereocenters. The van der Waals surface area contributed by atoms with Gasteiger partial charge in [0, 0.05) is 5.56 Å². The number of hydrogen-bond donors (Lipinski definition) is 2. The first-order valence-corrected chi connectivity index (χ1v) is 5.83. The lowest BCUT2D eigenvalue weighted by atomic mass is 10.1. The topological polar surface area (TPSA) is 67.6 Å². The van der Waals surface area contributed by atoms with Crippen LogP contribution in [0.1, 0.15) is 11.1 Å². The third-order valence-electron chi connectivity index (χ3n) is 3.15. The highest BCUT2D eigenvalue weighted by Crippen LogP contribution is 2.22. The van der Waals surface area contributed by atoms with Crippen LogP contribution in [0.2, 0.25) is 0 Å². The van der Waals surface area contributed by atoms with E-state index in [1.54, 1.807) is 6.07 Å². The van der Waals surface area contributed by atoms with E-state index in [2.05, 4.69) is 47.0 Å². The number of aromatic amines is 1. The quantitative estimate of drug-likeness (QED) is 0.685. The number of nitrogens with two attached hydrogens (primary N) is 1. The summed E-state index contributed by atoms with van der Waals surface area (Å²) >= 11 is 0. The molecule has 3 N–H and O–H groups in total. The lowest BCUT2D eigenvalue weighted by Crippen LogP contribution is -1.88. The van der Waals surface area contributed by atoms with E-state index < -0.39 is 0 Å². The normalized spacial score (nSPS) is 11.0. The van der Waals surface area contributed by atoms with Crippen LogP contribution in [0.15, 0.2) is 30.3 Å². The Morgan fingerprint density at radius 1 is 1.00 bits per heavy atom. The summed E-state index contributed by atoms with van der Waals surface area (Å²) in [6, 6.07) is 9.94. The zero-order chi connectivity index (χ0) is 12.7. The van der Waals surface area contributed by atoms with Crippen molar-refractivity contribution >= 4 is 17.0 Å². The van der Waals surface area contributed by atoms with Crippen molar-refractivity contribution in [3.05, 3.63) is 41.5 Å². The molecule has 2 aromatic heterocycles. The van der Waals surface area contributed by atoms with Gasteiger partial charge in [0.2, 0.25) is 0 Å². The van der Waals surface area contributed by atoms with Crippen LogP contribution in [-0.4, -0.2) is 15.0 Å². The number of aromatic nitrogens is 3. The van der Waals surface area contributed by atoms with Crippen LogP contribution in [0.4, 0.5) is 5.82 Å². The zero-order valence-electron chi connectivity index (χ0n) is 10.4. The Balaban J connectivity index is 2.16. The van der Waals surface area contributed by atoms with Gasteiger partial charge < -0.3 is 10.7 Å². The van der Waals surface area contributed by atoms with Gasteiger partial charge in [-0.05, 0) is 43.2 Å². The van der Waals surface area contributed by atoms with Crippen molar-refractivity contribution in [3.63, 3.8) is 0 Å². The van der Waals surface area contributed by atoms with Crippen molar-refractivity contribution in [2.45, 2.75) is 13.8 Å². The molecule has 18 heavy (non-hydrogen) atoms. The Hall–Kier alpha value is -2.36. The van der Waals surface area contributed by atoms with Gasteiger partial charge in [-0.2, -0.15) is 0 Å². The summed E-state index contributed by atoms with van der Waals surface area (Å²) in [4.78, 5) is 11.9. The summed E-state index contributed by atoms with van der Waals surface area (Å²) in [5, 5.41) is 0. The molecule has 0 saturated carbocycles. The summed E-state index contributed by atoms with van der Waals surface area (Å²) in [6.07, 6.45) is 0. The van der Waals surface area contributed by atoms with Gasteiger partial charge in [0.1, 0.15) is 11.6 Å². The van der Waals surface area contributed by atoms with Crippen LogP contribution in [0.3, 0.4) is 0 Å². The van der Waals surface area contributed by atoms with E-state index >= 15 is 0 Å². The van der Waals surface area contributed by atoms with Gasteiger partial charge in [0.05, 0.1) is 5.52 Å². The van der Waals surface area contributed by atoms with Crippen LogP contribution in [-0.2, 0) is 0 Å². The van der Waals surface area contributed by atoms with Crippen molar-refractivity contribution in [1.29, 1.82) is 0 Å². The monoisotopic (exact) mass is 238 g/mol. The van der Waals surface area contributed by atoms with Crippen molar-refractivity contribution < 1.29 is 0 Å². The fourth-order valence-corrected chi connectivity index (χ4v) is 1.93. The van der Waals surface area contributed by atoms with Crippen molar-refractivity contribution in [3.8, 4) is 11.4 Å². The molecule has 3 aromatic rings. The minimum atomic E-state index is 0.487. The number of fused-ring (bicyclic) bond motifs is 1. The molecule has 4 nitrogen and oxygen atoms in total. The third kappa shape index (κ3) is 1.72. The standard InChI is InChI=1S/C14H14N4/c1-8-3-4-10(7-9(8)2)13-16-11-5-6-12(15)17-14(11)18-13/h3-7H,1-2H3,(H3,15,16,17,18). The molecule has 0 aliphatic rings. The number of benzene rings is 1. The predicted octanol–water partition coefficient (Wildman–Crippen LogP) is 2.82. The van der Waals surface area contributed by atoms with E-state index in [0.29, 0.717) is 11.5 Å². The molecule has 0 amide bonds. The zero-order valence-corrected chi connectivity index (χ0v) is 10.4. The number of H-pyrrole nitrogens is 1. The molecule has 0 aliphatic heterocycles. The van der Waals surface area contributed by atoms with Crippen LogP contribution in [0.25, 0.3) is 22.6 Å². The number of nitrogens with one attached hydrogen (secondary N) is 1. The number of rotatable bonds is 1. The van der Waals surface area contributed by atoms with Crippen LogP contribution < -0.4 is 5.73 Å². The first-order valence-electron chi connectivity index (χ1n) is 5.83. The molecule has 0 bridgehead atoms. The maximum atomic E-state index is 5.65. The number of nitrogens with zero attached hydrogens (tertiary/aromatic N) is 2. The average Bonchev–Trinajstić information content (AvgIpc) is 2.75. The summed E-state index contributed by atoms with van der Waals surface area (Å²) in [5.41, 5.74) is 10.8. The van der Waals surface area contributed by atoms with Crippen LogP contribution >= 0.6 is 0 Å². The highest BCUT2D eigenvalue weighted by molar-refractivity contribution is 5.77. The molecule has 0 spiro atoms. The van der Waals surface area contributed by atoms with Gasteiger partial charge >= 0.3 is 0 Å². The molecule has 4 heteroatoms. The van der Waals surface area contributed by atoms with Crippen molar-refractivity contribution in [2.75, 3.05) is 5.73 Å². The molecule has 0 aliphatic carbocycles. The van der Waals surface area contributed by atoms with Gasteiger partial charge in [0.25, 0.3) is 0 Å². The van der Waals surface area contributed by atoms with Gasteiger partial charge in [-0.15, -0.1) is 0 Å². The van der Waals surface area contributed by atoms with Crippen LogP contribution in [0.5, 0.6) is 0 Å². The summed E-state index contributed by atoms with van der Waals surface area (Å²) in [7, 11) is 0. The Morgan fingerprint density at radius 2 is 1.83 bits per heavy atom. The lowest BCUT2D eigenvalue weighted by molar-refractivity contribution is 1.28. The maximum absolute atomic E-state index is 5.65. The molecule has 0 radical (unpaired) electrons. The second-order valence-electron chi connectivity index (χ2n) is 4.49. The SMILES string of the molecule is Cc1ccc(-c2nc3nc(N)ccc3[nH]2)cc1C. The van der Waals surface area contributed by atoms with Crippen LogP contribution in [0, 0.1) is 13.8 Å². The van der Waals surface area contributed by atoms with Gasteiger partial charge in [-0.1, -0.05) is 12.1 Å². The predicted molar refractivity (Wildman–Crippen MR) is 73.2 cm³/mol. The van der Waals surface area contributed by atoms with Crippen molar-refractivity contribution in [2.24, 2.45) is 0 Å². The molecule has 0 saturated heterocycles. The number of pyridine rings is 1. The van der Waals surface area contributed by atoms with Crippen molar-refractivity contribution in [1.82, 2.24) is 15.0 Å². The Kier molecular flexibility index (Phi) is 2.30. The average molecular weight is 238 g/mol. The highest BCUT2D eigenvalue weighted by Gasteiger charge is 2.07. The van der Waals surface area contributed by atoms with E-state index in [9.17, 15) is 0 Å². The van der Waals surface area contributed by atoms with Gasteiger partial charge in [-0.3, -0.25) is 0 Å². The minimum Gasteiger partial charge on any atom is -0.384 e. The minimum absolute atomic E-state index is 0.487. The van der Waals surface area contributed by atoms with E-state index in [-0.39, 0.29) is 0 Å². The molecular weight excluding hydrogens is 224 g/mol. The Morgan fingerprint density at radius 3 is 2.61 bits per heavy atom. The highest BCUT2D eigenvalue weighted by atomic mass is 15.0. The van der Waals surface area contributed by atoms with E-state index in [1.807, 2.05) is 6.07 Å². The molecule has 0 unspecified atom stereocenters. The number of aryl methyl sites for hydroxylation is 2. The fraction of sp³-hybridized carbons (Fsp3) is 0.143. The number of hydrogen-bond acceptors (Lipinski definition) is 3. The van der Waals surface area contributed by atoms with Gasteiger partial charge in [0.15, 0.2) is 5.65 Å². The van der Waals surface area contributed by atoms with E-state index in [1.165, 1.54) is 11.1 Å². The second-order valence-corrected chi connectivity index (χ2v) is 4.49. The molecule has 90 valence electrons. The Bertz CT molecular complexity index is 728. The largest absolute Gasteiger partial charge is 0.384 e. The van der Waals surface area contributed by atoms with Gasteiger partial charge in [-0.25, -0.2) is 9.97 Å². The molecule has 2 heterocycles. The molecule has 3 rings (SSSR count). The summed E-state index contributed by atoms with van der Waals surface area (Å²) < 4.78 is 0. The lowest BCUT2D eigenvalue weighted by Gasteiger charge is -2.01. The smallest absolute Gasteiger partial charge is 0.180 e. The van der Waals surface area contributed by atoms with E-state index in [4.69, 9.17) is 5.73 Å². The van der Waals surface area contributed by atoms with E-state index in [0.717, 1.165) is 16.9 Å². The summed E-state index contributed by atoms with van der Waals surface area (Å²) in [5.74, 6) is 1.31. The molecule has 0 fully saturated rings. The Labute approximate surface area is 105 Å². The first kappa shape index (κ1) is 10.8. The third-order valence-corrected chi connectivity index (χ3v) is 3.15. The molecular formula is C14H14N4.